The van der Waals surface area contributed by atoms with Gasteiger partial charge in [-0.3, -0.25) is 9.10 Å². The van der Waals surface area contributed by atoms with Gasteiger partial charge < -0.3 is 10.1 Å². The van der Waals surface area contributed by atoms with E-state index in [1.807, 2.05) is 19.1 Å². The number of methoxy groups -OCH3 is 1. The molecule has 0 bridgehead atoms. The normalized spacial score (nSPS) is 12.1. The Morgan fingerprint density at radius 2 is 1.66 bits per heavy atom. The van der Waals surface area contributed by atoms with Gasteiger partial charge in [-0.15, -0.1) is 0 Å². The lowest BCUT2D eigenvalue weighted by Crippen LogP contribution is -2.41. The molecule has 9 heteroatoms. The lowest BCUT2D eigenvalue weighted by Gasteiger charge is -2.26. The monoisotopic (exact) mass is 492 g/mol. The standard InChI is InChI=1S/C23H22Cl2N2O4S/c1-16(17-11-13-18(31-2)14-12-17)26-22(28)15-27(21-10-6-9-20(24)23(21)25)32(29,30)19-7-4-3-5-8-19/h3-14,16H,15H2,1-2H3,(H,26,28)/t16-/m0/s1. The van der Waals surface area contributed by atoms with Crippen LogP contribution in [0.15, 0.2) is 77.7 Å². The molecule has 1 N–H and O–H groups in total. The predicted molar refractivity (Wildman–Crippen MR) is 127 cm³/mol. The highest BCUT2D eigenvalue weighted by Gasteiger charge is 2.29. The Hall–Kier alpha value is -2.74. The number of benzene rings is 3. The van der Waals surface area contributed by atoms with Crippen LogP contribution < -0.4 is 14.4 Å². The number of nitrogens with one attached hydrogen (secondary N) is 1. The first-order chi connectivity index (χ1) is 15.2. The van der Waals surface area contributed by atoms with Crippen LogP contribution in [0.5, 0.6) is 5.75 Å². The molecule has 0 heterocycles. The molecule has 0 aromatic heterocycles. The Balaban J connectivity index is 1.90. The molecule has 0 saturated carbocycles. The maximum absolute atomic E-state index is 13.4. The maximum Gasteiger partial charge on any atom is 0.264 e. The summed E-state index contributed by atoms with van der Waals surface area (Å²) in [5, 5.41) is 3.06. The lowest BCUT2D eigenvalue weighted by molar-refractivity contribution is -0.120. The van der Waals surface area contributed by atoms with Crippen LogP contribution in [-0.4, -0.2) is 28.0 Å². The van der Waals surface area contributed by atoms with E-state index in [0.717, 1.165) is 9.87 Å². The molecule has 0 saturated heterocycles. The number of rotatable bonds is 8. The Bertz CT molecular complexity index is 1190. The van der Waals surface area contributed by atoms with Gasteiger partial charge in [0.1, 0.15) is 12.3 Å². The van der Waals surface area contributed by atoms with Crippen molar-refractivity contribution < 1.29 is 17.9 Å². The van der Waals surface area contributed by atoms with Crippen molar-refractivity contribution in [1.29, 1.82) is 0 Å². The third-order valence-corrected chi connectivity index (χ3v) is 7.39. The van der Waals surface area contributed by atoms with Crippen LogP contribution in [0.3, 0.4) is 0 Å². The van der Waals surface area contributed by atoms with E-state index >= 15 is 0 Å². The number of anilines is 1. The number of halogens is 2. The van der Waals surface area contributed by atoms with E-state index in [0.29, 0.717) is 5.75 Å². The van der Waals surface area contributed by atoms with Crippen LogP contribution in [-0.2, 0) is 14.8 Å². The summed E-state index contributed by atoms with van der Waals surface area (Å²) >= 11 is 12.4. The first kappa shape index (κ1) is 23.9. The van der Waals surface area contributed by atoms with Crippen LogP contribution in [0.4, 0.5) is 5.69 Å². The zero-order chi connectivity index (χ0) is 23.3. The van der Waals surface area contributed by atoms with Gasteiger partial charge in [0.15, 0.2) is 0 Å². The second-order valence-electron chi connectivity index (χ2n) is 6.96. The van der Waals surface area contributed by atoms with Gasteiger partial charge in [0.05, 0.1) is 33.8 Å². The minimum Gasteiger partial charge on any atom is -0.497 e. The van der Waals surface area contributed by atoms with Crippen LogP contribution in [0.1, 0.15) is 18.5 Å². The predicted octanol–water partition coefficient (Wildman–Crippen LogP) is 5.07. The van der Waals surface area contributed by atoms with E-state index in [1.165, 1.54) is 18.2 Å². The van der Waals surface area contributed by atoms with Gasteiger partial charge in [0.2, 0.25) is 5.91 Å². The highest BCUT2D eigenvalue weighted by atomic mass is 35.5. The van der Waals surface area contributed by atoms with Gasteiger partial charge in [-0.25, -0.2) is 8.42 Å². The molecule has 6 nitrogen and oxygen atoms in total. The van der Waals surface area contributed by atoms with Gasteiger partial charge in [-0.1, -0.05) is 59.6 Å². The number of amides is 1. The Kier molecular flexibility index (Phi) is 7.66. The van der Waals surface area contributed by atoms with Gasteiger partial charge in [-0.05, 0) is 48.9 Å². The summed E-state index contributed by atoms with van der Waals surface area (Å²) in [6, 6.07) is 19.3. The van der Waals surface area contributed by atoms with E-state index < -0.39 is 22.5 Å². The van der Waals surface area contributed by atoms with Crippen molar-refractivity contribution in [3.63, 3.8) is 0 Å². The van der Waals surface area contributed by atoms with Crippen LogP contribution >= 0.6 is 23.2 Å². The first-order valence-corrected chi connectivity index (χ1v) is 11.9. The quantitative estimate of drug-likeness (QED) is 0.475. The second-order valence-corrected chi connectivity index (χ2v) is 9.61. The van der Waals surface area contributed by atoms with E-state index in [2.05, 4.69) is 5.32 Å². The van der Waals surface area contributed by atoms with E-state index in [4.69, 9.17) is 27.9 Å². The topological polar surface area (TPSA) is 75.7 Å². The summed E-state index contributed by atoms with van der Waals surface area (Å²) in [5.41, 5.74) is 0.965. The molecule has 1 atom stereocenters. The zero-order valence-corrected chi connectivity index (χ0v) is 19.8. The number of carbonyl (C=O) groups is 1. The zero-order valence-electron chi connectivity index (χ0n) is 17.5. The number of sulfonamides is 1. The number of ether oxygens (including phenoxy) is 1. The summed E-state index contributed by atoms with van der Waals surface area (Å²) in [6.45, 7) is 1.33. The number of nitrogens with zero attached hydrogens (tertiary/aromatic N) is 1. The maximum atomic E-state index is 13.4. The van der Waals surface area contributed by atoms with Gasteiger partial charge in [0.25, 0.3) is 10.0 Å². The molecular formula is C23H22Cl2N2O4S. The molecule has 0 aliphatic rings. The molecule has 3 aromatic rings. The van der Waals surface area contributed by atoms with Crippen molar-refractivity contribution in [3.8, 4) is 5.75 Å². The first-order valence-electron chi connectivity index (χ1n) is 9.69. The van der Waals surface area contributed by atoms with Crippen molar-refractivity contribution in [2.75, 3.05) is 18.0 Å². The molecule has 0 radical (unpaired) electrons. The molecule has 3 rings (SSSR count). The van der Waals surface area contributed by atoms with Crippen molar-refractivity contribution in [3.05, 3.63) is 88.4 Å². The summed E-state index contributed by atoms with van der Waals surface area (Å²) in [4.78, 5) is 12.9. The van der Waals surface area contributed by atoms with Crippen molar-refractivity contribution in [2.24, 2.45) is 0 Å². The van der Waals surface area contributed by atoms with E-state index in [1.54, 1.807) is 49.6 Å². The summed E-state index contributed by atoms with van der Waals surface area (Å²) in [7, 11) is -2.51. The van der Waals surface area contributed by atoms with Gasteiger partial charge in [-0.2, -0.15) is 0 Å². The Morgan fingerprint density at radius 1 is 1.00 bits per heavy atom. The van der Waals surface area contributed by atoms with Crippen molar-refractivity contribution in [2.45, 2.75) is 17.9 Å². The lowest BCUT2D eigenvalue weighted by atomic mass is 10.1. The highest BCUT2D eigenvalue weighted by molar-refractivity contribution is 7.92. The third-order valence-electron chi connectivity index (χ3n) is 4.81. The molecule has 0 aliphatic heterocycles. The van der Waals surface area contributed by atoms with Crippen LogP contribution in [0, 0.1) is 0 Å². The minimum absolute atomic E-state index is 0.0343. The number of hydrogen-bond acceptors (Lipinski definition) is 4. The Labute approximate surface area is 197 Å². The van der Waals surface area contributed by atoms with Crippen molar-refractivity contribution >= 4 is 44.8 Å². The van der Waals surface area contributed by atoms with Crippen LogP contribution in [0.25, 0.3) is 0 Å². The molecule has 0 aliphatic carbocycles. The largest absolute Gasteiger partial charge is 0.497 e. The third kappa shape index (κ3) is 5.35. The second kappa shape index (κ2) is 10.3. The average Bonchev–Trinajstić information content (AvgIpc) is 2.80. The Morgan fingerprint density at radius 3 is 2.28 bits per heavy atom. The molecule has 168 valence electrons. The van der Waals surface area contributed by atoms with Gasteiger partial charge in [0, 0.05) is 0 Å². The summed E-state index contributed by atoms with van der Waals surface area (Å²) in [5.74, 6) is 0.201. The molecule has 32 heavy (non-hydrogen) atoms. The van der Waals surface area contributed by atoms with E-state index in [9.17, 15) is 13.2 Å². The minimum atomic E-state index is -4.09. The summed E-state index contributed by atoms with van der Waals surface area (Å²) in [6.07, 6.45) is 0. The molecule has 3 aromatic carbocycles. The molecular weight excluding hydrogens is 471 g/mol. The molecule has 1 amide bonds. The number of carbonyl (C=O) groups excluding carboxylic acids is 1. The smallest absolute Gasteiger partial charge is 0.264 e. The van der Waals surface area contributed by atoms with Crippen LogP contribution in [0.2, 0.25) is 10.0 Å². The molecule has 0 fully saturated rings. The van der Waals surface area contributed by atoms with Crippen molar-refractivity contribution in [1.82, 2.24) is 5.32 Å². The average molecular weight is 493 g/mol. The SMILES string of the molecule is COc1ccc([C@H](C)NC(=O)CN(c2cccc(Cl)c2Cl)S(=O)(=O)c2ccccc2)cc1. The fourth-order valence-corrected chi connectivity index (χ4v) is 5.00. The van der Waals surface area contributed by atoms with Gasteiger partial charge >= 0.3 is 0 Å². The molecule has 0 spiro atoms. The highest BCUT2D eigenvalue weighted by Crippen LogP contribution is 2.35. The summed E-state index contributed by atoms with van der Waals surface area (Å²) < 4.78 is 32.9. The number of hydrogen-bond donors (Lipinski definition) is 1. The van der Waals surface area contributed by atoms with E-state index in [-0.39, 0.29) is 26.7 Å². The fourth-order valence-electron chi connectivity index (χ4n) is 3.10. The fraction of sp³-hybridized carbons (Fsp3) is 0.174. The molecule has 0 unspecified atom stereocenters.